The van der Waals surface area contributed by atoms with Gasteiger partial charge in [0.15, 0.2) is 5.78 Å². The Bertz CT molecular complexity index is 364. The minimum atomic E-state index is -0.962. The summed E-state index contributed by atoms with van der Waals surface area (Å²) in [7, 11) is 0. The first-order valence-corrected chi connectivity index (χ1v) is 6.43. The molecule has 2 unspecified atom stereocenters. The van der Waals surface area contributed by atoms with Crippen LogP contribution in [0.4, 0.5) is 0 Å². The zero-order valence-electron chi connectivity index (χ0n) is 10.9. The molecule has 0 aromatic carbocycles. The van der Waals surface area contributed by atoms with Gasteiger partial charge >= 0.3 is 0 Å². The summed E-state index contributed by atoms with van der Waals surface area (Å²) in [5.41, 5.74) is 0.875. The lowest BCUT2D eigenvalue weighted by molar-refractivity contribution is -0.121. The van der Waals surface area contributed by atoms with Gasteiger partial charge in [0.1, 0.15) is 0 Å². The monoisotopic (exact) mass is 238 g/mol. The minimum absolute atomic E-state index is 0.0429. The van der Waals surface area contributed by atoms with Crippen molar-refractivity contribution >= 4 is 5.78 Å². The summed E-state index contributed by atoms with van der Waals surface area (Å²) < 4.78 is 0. The highest BCUT2D eigenvalue weighted by molar-refractivity contribution is 5.97. The highest BCUT2D eigenvalue weighted by Gasteiger charge is 2.48. The second-order valence-electron chi connectivity index (χ2n) is 6.05. The summed E-state index contributed by atoms with van der Waals surface area (Å²) in [6, 6.07) is 0. The molecule has 0 amide bonds. The molecule has 0 saturated heterocycles. The molecule has 2 saturated carbocycles. The maximum atomic E-state index is 12.1. The van der Waals surface area contributed by atoms with E-state index in [9.17, 15) is 15.0 Å². The van der Waals surface area contributed by atoms with Gasteiger partial charge in [-0.15, -0.1) is 0 Å². The van der Waals surface area contributed by atoms with Gasteiger partial charge in [0.05, 0.1) is 11.7 Å². The van der Waals surface area contributed by atoms with E-state index in [1.54, 1.807) is 6.92 Å². The Morgan fingerprint density at radius 2 is 2.00 bits per heavy atom. The van der Waals surface area contributed by atoms with E-state index in [0.29, 0.717) is 6.42 Å². The van der Waals surface area contributed by atoms with Gasteiger partial charge in [0, 0.05) is 6.42 Å². The van der Waals surface area contributed by atoms with E-state index in [-0.39, 0.29) is 30.1 Å². The lowest BCUT2D eigenvalue weighted by Gasteiger charge is -2.31. The number of ketones is 1. The van der Waals surface area contributed by atoms with Gasteiger partial charge in [-0.25, -0.2) is 0 Å². The van der Waals surface area contributed by atoms with Crippen molar-refractivity contribution in [3.8, 4) is 0 Å². The Balaban J connectivity index is 2.39. The standard InChI is InChI=1S/C14H22O3/c1-8(2)9-6-10-11(4-5-12(10)15)14(3,17)7-13(9)16/h10-12,15,17H,4-7H2,1-3H3/t10?,11?,12-,14-/m0/s1. The number of carbonyl (C=O) groups excluding carboxylic acids is 1. The molecule has 2 rings (SSSR count). The predicted octanol–water partition coefficient (Wildman–Crippen LogP) is 1.82. The van der Waals surface area contributed by atoms with E-state index in [1.807, 2.05) is 13.8 Å². The van der Waals surface area contributed by atoms with Crippen LogP contribution >= 0.6 is 0 Å². The highest BCUT2D eigenvalue weighted by atomic mass is 16.3. The number of allylic oxidation sites excluding steroid dienone is 2. The van der Waals surface area contributed by atoms with E-state index >= 15 is 0 Å². The van der Waals surface area contributed by atoms with E-state index in [4.69, 9.17) is 0 Å². The van der Waals surface area contributed by atoms with Crippen molar-refractivity contribution in [1.29, 1.82) is 0 Å². The van der Waals surface area contributed by atoms with Crippen molar-refractivity contribution in [3.63, 3.8) is 0 Å². The Morgan fingerprint density at radius 3 is 2.59 bits per heavy atom. The van der Waals surface area contributed by atoms with Crippen molar-refractivity contribution in [3.05, 3.63) is 11.1 Å². The molecule has 0 bridgehead atoms. The molecule has 0 aliphatic heterocycles. The summed E-state index contributed by atoms with van der Waals surface area (Å²) >= 11 is 0. The second-order valence-corrected chi connectivity index (χ2v) is 6.05. The maximum absolute atomic E-state index is 12.1. The third-order valence-corrected chi connectivity index (χ3v) is 4.48. The zero-order valence-corrected chi connectivity index (χ0v) is 10.9. The number of aliphatic hydroxyl groups is 2. The number of rotatable bonds is 0. The molecule has 2 N–H and O–H groups in total. The van der Waals surface area contributed by atoms with Gasteiger partial charge < -0.3 is 10.2 Å². The summed E-state index contributed by atoms with van der Waals surface area (Å²) in [6.07, 6.45) is 2.02. The first-order chi connectivity index (χ1) is 7.83. The van der Waals surface area contributed by atoms with Crippen LogP contribution in [0.1, 0.15) is 46.5 Å². The van der Waals surface area contributed by atoms with Gasteiger partial charge in [-0.3, -0.25) is 4.79 Å². The van der Waals surface area contributed by atoms with Crippen LogP contribution < -0.4 is 0 Å². The average Bonchev–Trinajstić information content (AvgIpc) is 2.50. The predicted molar refractivity (Wildman–Crippen MR) is 65.5 cm³/mol. The number of Topliss-reactive ketones (excluding diaryl/α,β-unsaturated/α-hetero) is 1. The smallest absolute Gasteiger partial charge is 0.161 e. The van der Waals surface area contributed by atoms with Gasteiger partial charge in [-0.2, -0.15) is 0 Å². The van der Waals surface area contributed by atoms with E-state index in [1.165, 1.54) is 0 Å². The molecule has 0 aromatic heterocycles. The first-order valence-electron chi connectivity index (χ1n) is 6.43. The van der Waals surface area contributed by atoms with E-state index in [0.717, 1.165) is 24.0 Å². The largest absolute Gasteiger partial charge is 0.393 e. The van der Waals surface area contributed by atoms with E-state index < -0.39 is 5.60 Å². The molecule has 3 nitrogen and oxygen atoms in total. The van der Waals surface area contributed by atoms with Crippen molar-refractivity contribution < 1.29 is 15.0 Å². The van der Waals surface area contributed by atoms with Crippen molar-refractivity contribution in [1.82, 2.24) is 0 Å². The number of aliphatic hydroxyl groups excluding tert-OH is 1. The minimum Gasteiger partial charge on any atom is -0.393 e. The summed E-state index contributed by atoms with van der Waals surface area (Å²) in [5, 5.41) is 20.5. The molecule has 2 fully saturated rings. The van der Waals surface area contributed by atoms with Gasteiger partial charge in [0.2, 0.25) is 0 Å². The molecule has 3 heteroatoms. The van der Waals surface area contributed by atoms with Gasteiger partial charge in [0.25, 0.3) is 0 Å². The quantitative estimate of drug-likeness (QED) is 0.633. The van der Waals surface area contributed by atoms with Crippen LogP contribution in [0.3, 0.4) is 0 Å². The van der Waals surface area contributed by atoms with Crippen LogP contribution in [0.25, 0.3) is 0 Å². The molecule has 2 aliphatic carbocycles. The van der Waals surface area contributed by atoms with Crippen LogP contribution in [0.5, 0.6) is 0 Å². The molecule has 0 heterocycles. The lowest BCUT2D eigenvalue weighted by Crippen LogP contribution is -2.38. The molecule has 17 heavy (non-hydrogen) atoms. The van der Waals surface area contributed by atoms with Crippen LogP contribution in [-0.4, -0.2) is 27.7 Å². The summed E-state index contributed by atoms with van der Waals surface area (Å²) in [5.74, 6) is 0.149. The van der Waals surface area contributed by atoms with Crippen molar-refractivity contribution in [2.75, 3.05) is 0 Å². The topological polar surface area (TPSA) is 57.5 Å². The Hall–Kier alpha value is -0.670. The molecule has 96 valence electrons. The number of hydrogen-bond donors (Lipinski definition) is 2. The normalized spacial score (nSPS) is 42.3. The molecule has 0 aromatic rings. The average molecular weight is 238 g/mol. The molecular formula is C14H22O3. The lowest BCUT2D eigenvalue weighted by atomic mass is 9.80. The fourth-order valence-corrected chi connectivity index (χ4v) is 3.49. The zero-order chi connectivity index (χ0) is 12.8. The van der Waals surface area contributed by atoms with Crippen molar-refractivity contribution in [2.24, 2.45) is 11.8 Å². The van der Waals surface area contributed by atoms with Gasteiger partial charge in [-0.05, 0) is 57.4 Å². The molecule has 0 radical (unpaired) electrons. The number of fused-ring (bicyclic) bond motifs is 1. The fraction of sp³-hybridized carbons (Fsp3) is 0.786. The first kappa shape index (κ1) is 12.8. The van der Waals surface area contributed by atoms with Crippen LogP contribution in [0.2, 0.25) is 0 Å². The molecule has 0 spiro atoms. The Labute approximate surface area is 103 Å². The van der Waals surface area contributed by atoms with Crippen LogP contribution in [0, 0.1) is 11.8 Å². The fourth-order valence-electron chi connectivity index (χ4n) is 3.49. The third-order valence-electron chi connectivity index (χ3n) is 4.48. The number of carbonyl (C=O) groups is 1. The second kappa shape index (κ2) is 4.21. The highest BCUT2D eigenvalue weighted by Crippen LogP contribution is 2.46. The van der Waals surface area contributed by atoms with Gasteiger partial charge in [-0.1, -0.05) is 5.57 Å². The summed E-state index contributed by atoms with van der Waals surface area (Å²) in [6.45, 7) is 5.61. The summed E-state index contributed by atoms with van der Waals surface area (Å²) in [4.78, 5) is 12.1. The van der Waals surface area contributed by atoms with Crippen LogP contribution in [0.15, 0.2) is 11.1 Å². The third kappa shape index (κ3) is 2.18. The molecular weight excluding hydrogens is 216 g/mol. The van der Waals surface area contributed by atoms with Crippen LogP contribution in [-0.2, 0) is 4.79 Å². The van der Waals surface area contributed by atoms with E-state index in [2.05, 4.69) is 0 Å². The SMILES string of the molecule is CC(C)=C1CC2C(CC[C@@H]2O)[C@@](C)(O)CC1=O. The maximum Gasteiger partial charge on any atom is 0.161 e. The molecule has 2 aliphatic rings. The van der Waals surface area contributed by atoms with Crippen molar-refractivity contribution in [2.45, 2.75) is 58.2 Å². The Morgan fingerprint density at radius 1 is 1.35 bits per heavy atom. The molecule has 4 atom stereocenters. The Kier molecular flexibility index (Phi) is 3.17. The number of hydrogen-bond acceptors (Lipinski definition) is 3.